The minimum absolute atomic E-state index is 0.0759. The lowest BCUT2D eigenvalue weighted by atomic mass is 9.76. The first-order chi connectivity index (χ1) is 18.0. The summed E-state index contributed by atoms with van der Waals surface area (Å²) in [6, 6.07) is -3.08. The van der Waals surface area contributed by atoms with Crippen LogP contribution in [0.3, 0.4) is 0 Å². The van der Waals surface area contributed by atoms with Gasteiger partial charge in [0.1, 0.15) is 12.1 Å². The van der Waals surface area contributed by atoms with Crippen LogP contribution in [0.15, 0.2) is 0 Å². The molecule has 3 fully saturated rings. The van der Waals surface area contributed by atoms with E-state index in [2.05, 4.69) is 29.8 Å². The predicted octanol–water partition coefficient (Wildman–Crippen LogP) is 2.49. The Labute approximate surface area is 232 Å². The number of fused-ring (bicyclic) bond motifs is 1. The fraction of sp³-hybridized carbons (Fsp3) is 0.828. The number of nitrogens with one attached hydrogen (secondary N) is 3. The molecule has 2 saturated carbocycles. The van der Waals surface area contributed by atoms with E-state index in [1.165, 1.54) is 0 Å². The van der Waals surface area contributed by atoms with Gasteiger partial charge in [-0.05, 0) is 68.6 Å². The van der Waals surface area contributed by atoms with Crippen molar-refractivity contribution in [3.8, 4) is 0 Å². The molecule has 2 aliphatic carbocycles. The Morgan fingerprint density at radius 1 is 1.00 bits per heavy atom. The lowest BCUT2D eigenvalue weighted by Gasteiger charge is -2.41. The molecule has 10 heteroatoms. The highest BCUT2D eigenvalue weighted by atomic mass is 16.2. The van der Waals surface area contributed by atoms with Crippen LogP contribution >= 0.6 is 0 Å². The van der Waals surface area contributed by atoms with Gasteiger partial charge in [-0.15, -0.1) is 0 Å². The number of hydrogen-bond donors (Lipinski definition) is 4. The zero-order valence-electron chi connectivity index (χ0n) is 25.0. The van der Waals surface area contributed by atoms with Gasteiger partial charge in [0.15, 0.2) is 0 Å². The van der Waals surface area contributed by atoms with Crippen LogP contribution in [0.5, 0.6) is 0 Å². The maximum atomic E-state index is 14.2. The van der Waals surface area contributed by atoms with Crippen molar-refractivity contribution in [1.82, 2.24) is 20.9 Å². The van der Waals surface area contributed by atoms with Gasteiger partial charge in [0.25, 0.3) is 5.91 Å². The van der Waals surface area contributed by atoms with E-state index in [4.69, 9.17) is 5.73 Å². The molecule has 3 rings (SSSR count). The third-order valence-corrected chi connectivity index (χ3v) is 9.75. The van der Waals surface area contributed by atoms with E-state index < -0.39 is 52.7 Å². The number of primary amides is 1. The van der Waals surface area contributed by atoms with Crippen LogP contribution in [0.1, 0.15) is 93.9 Å². The molecule has 5 N–H and O–H groups in total. The standard InChI is InChI=1S/C29H49N5O5/c1-9-29(8,10-2)22(32-26(39)33-27(3,4)5)25(38)34-15-17-19(28(17,6)7)20(34)24(37)31-18(21(35)23(30)36)14-16-12-11-13-16/h16-20,22H,9-15H2,1-8H3,(H2,30,36)(H,31,37)(H2,32,33,39). The number of carbonyl (C=O) groups excluding carboxylic acids is 5. The Kier molecular flexibility index (Phi) is 8.78. The summed E-state index contributed by atoms with van der Waals surface area (Å²) in [4.78, 5) is 67.0. The molecule has 1 heterocycles. The van der Waals surface area contributed by atoms with Crippen molar-refractivity contribution in [2.75, 3.05) is 6.54 Å². The Morgan fingerprint density at radius 2 is 1.59 bits per heavy atom. The average molecular weight is 548 g/mol. The van der Waals surface area contributed by atoms with Gasteiger partial charge in [-0.2, -0.15) is 0 Å². The van der Waals surface area contributed by atoms with Crippen molar-refractivity contribution in [3.63, 3.8) is 0 Å². The van der Waals surface area contributed by atoms with Crippen LogP contribution in [-0.2, 0) is 19.2 Å². The summed E-state index contributed by atoms with van der Waals surface area (Å²) in [5.74, 6) is -2.30. The molecule has 1 aliphatic heterocycles. The normalized spacial score (nSPS) is 25.5. The van der Waals surface area contributed by atoms with Crippen LogP contribution in [0.2, 0.25) is 0 Å². The number of Topliss-reactive ketones (excluding diaryl/α,β-unsaturated/α-hetero) is 1. The number of amides is 5. The minimum atomic E-state index is -1.07. The second-order valence-electron chi connectivity index (χ2n) is 13.9. The van der Waals surface area contributed by atoms with Gasteiger partial charge in [0.2, 0.25) is 17.6 Å². The van der Waals surface area contributed by atoms with E-state index in [9.17, 15) is 24.0 Å². The molecule has 3 aliphatic rings. The third-order valence-electron chi connectivity index (χ3n) is 9.75. The smallest absolute Gasteiger partial charge is 0.315 e. The summed E-state index contributed by atoms with van der Waals surface area (Å²) < 4.78 is 0. The number of likely N-dealkylation sites (tertiary alicyclic amines) is 1. The number of urea groups is 1. The van der Waals surface area contributed by atoms with Crippen molar-refractivity contribution in [2.24, 2.45) is 34.3 Å². The third kappa shape index (κ3) is 6.40. The maximum absolute atomic E-state index is 14.2. The number of piperidine rings is 1. The van der Waals surface area contributed by atoms with Crippen LogP contribution in [-0.4, -0.2) is 64.6 Å². The zero-order chi connectivity index (χ0) is 29.5. The van der Waals surface area contributed by atoms with Gasteiger partial charge < -0.3 is 26.6 Å². The monoisotopic (exact) mass is 547 g/mol. The molecular formula is C29H49N5O5. The molecule has 0 aromatic rings. The molecule has 0 spiro atoms. The summed E-state index contributed by atoms with van der Waals surface area (Å²) in [6.45, 7) is 16.1. The first-order valence-electron chi connectivity index (χ1n) is 14.5. The van der Waals surface area contributed by atoms with Gasteiger partial charge in [-0.1, -0.05) is 53.9 Å². The summed E-state index contributed by atoms with van der Waals surface area (Å²) >= 11 is 0. The molecule has 5 unspecified atom stereocenters. The summed E-state index contributed by atoms with van der Waals surface area (Å²) in [6.07, 6.45) is 4.61. The molecular weight excluding hydrogens is 498 g/mol. The second-order valence-corrected chi connectivity index (χ2v) is 13.9. The lowest BCUT2D eigenvalue weighted by molar-refractivity contribution is -0.145. The molecule has 0 aromatic carbocycles. The first kappa shape index (κ1) is 30.9. The number of carbonyl (C=O) groups is 5. The molecule has 0 radical (unpaired) electrons. The highest BCUT2D eigenvalue weighted by molar-refractivity contribution is 6.37. The van der Waals surface area contributed by atoms with Crippen molar-refractivity contribution in [1.29, 1.82) is 0 Å². The van der Waals surface area contributed by atoms with E-state index in [0.717, 1.165) is 19.3 Å². The summed E-state index contributed by atoms with van der Waals surface area (Å²) in [5.41, 5.74) is 4.15. The van der Waals surface area contributed by atoms with Crippen molar-refractivity contribution in [2.45, 2.75) is 118 Å². The largest absolute Gasteiger partial charge is 0.363 e. The molecule has 39 heavy (non-hydrogen) atoms. The van der Waals surface area contributed by atoms with E-state index in [1.54, 1.807) is 4.90 Å². The van der Waals surface area contributed by atoms with Gasteiger partial charge in [0.05, 0.1) is 6.04 Å². The van der Waals surface area contributed by atoms with Crippen LogP contribution in [0, 0.1) is 28.6 Å². The Morgan fingerprint density at radius 3 is 2.05 bits per heavy atom. The molecule has 220 valence electrons. The lowest BCUT2D eigenvalue weighted by Crippen LogP contribution is -2.63. The van der Waals surface area contributed by atoms with E-state index in [1.807, 2.05) is 41.5 Å². The van der Waals surface area contributed by atoms with E-state index in [-0.39, 0.29) is 29.1 Å². The average Bonchev–Trinajstić information content (AvgIpc) is 3.15. The maximum Gasteiger partial charge on any atom is 0.315 e. The molecule has 10 nitrogen and oxygen atoms in total. The van der Waals surface area contributed by atoms with Crippen LogP contribution < -0.4 is 21.7 Å². The van der Waals surface area contributed by atoms with Gasteiger partial charge in [-0.25, -0.2) is 4.79 Å². The molecule has 5 atom stereocenters. The zero-order valence-corrected chi connectivity index (χ0v) is 25.0. The number of rotatable bonds is 11. The first-order valence-corrected chi connectivity index (χ1v) is 14.5. The molecule has 1 saturated heterocycles. The van der Waals surface area contributed by atoms with Crippen LogP contribution in [0.4, 0.5) is 4.79 Å². The number of hydrogen-bond acceptors (Lipinski definition) is 5. The van der Waals surface area contributed by atoms with Gasteiger partial charge in [-0.3, -0.25) is 19.2 Å². The summed E-state index contributed by atoms with van der Waals surface area (Å²) in [5, 5.41) is 8.62. The Bertz CT molecular complexity index is 995. The van der Waals surface area contributed by atoms with Gasteiger partial charge >= 0.3 is 6.03 Å². The number of nitrogens with two attached hydrogens (primary N) is 1. The van der Waals surface area contributed by atoms with Crippen molar-refractivity contribution >= 4 is 29.5 Å². The SMILES string of the molecule is CCC(C)(CC)C(NC(=O)NC(C)(C)C)C(=O)N1CC2C(C1C(=O)NC(CC1CCC1)C(=O)C(N)=O)C2(C)C. The van der Waals surface area contributed by atoms with Gasteiger partial charge in [0, 0.05) is 12.1 Å². The molecule has 0 bridgehead atoms. The summed E-state index contributed by atoms with van der Waals surface area (Å²) in [7, 11) is 0. The van der Waals surface area contributed by atoms with Crippen molar-refractivity contribution < 1.29 is 24.0 Å². The van der Waals surface area contributed by atoms with E-state index >= 15 is 0 Å². The molecule has 5 amide bonds. The second kappa shape index (κ2) is 11.1. The fourth-order valence-electron chi connectivity index (χ4n) is 6.40. The minimum Gasteiger partial charge on any atom is -0.363 e. The van der Waals surface area contributed by atoms with E-state index in [0.29, 0.717) is 25.8 Å². The fourth-order valence-corrected chi connectivity index (χ4v) is 6.40. The topological polar surface area (TPSA) is 151 Å². The molecule has 0 aromatic heterocycles. The van der Waals surface area contributed by atoms with Crippen LogP contribution in [0.25, 0.3) is 0 Å². The number of nitrogens with zero attached hydrogens (tertiary/aromatic N) is 1. The Hall–Kier alpha value is -2.65. The Balaban J connectivity index is 1.89. The quantitative estimate of drug-likeness (QED) is 0.293. The van der Waals surface area contributed by atoms with Crippen molar-refractivity contribution in [3.05, 3.63) is 0 Å². The highest BCUT2D eigenvalue weighted by Crippen LogP contribution is 2.65. The predicted molar refractivity (Wildman–Crippen MR) is 148 cm³/mol. The number of ketones is 1. The highest BCUT2D eigenvalue weighted by Gasteiger charge is 2.70.